The molecule has 0 saturated heterocycles. The number of hydrogen-bond donors (Lipinski definition) is 0. The van der Waals surface area contributed by atoms with Gasteiger partial charge in [-0.2, -0.15) is 9.97 Å². The molecule has 4 heterocycles. The molecular weight excluding hydrogens is 643 g/mol. The average Bonchev–Trinajstić information content (AvgIpc) is 3.86. The Morgan fingerprint density at radius 3 is 1.49 bits per heavy atom. The summed E-state index contributed by atoms with van der Waals surface area (Å²) in [7, 11) is 0. The van der Waals surface area contributed by atoms with E-state index >= 15 is 0 Å². The van der Waals surface area contributed by atoms with Crippen molar-refractivity contribution in [2.45, 2.75) is 0 Å². The van der Waals surface area contributed by atoms with Crippen molar-refractivity contribution >= 4 is 75.1 Å². The van der Waals surface area contributed by atoms with Crippen molar-refractivity contribution in [2.24, 2.45) is 0 Å². The minimum Gasteiger partial charge on any atom is -0.308 e. The number of thiophene rings is 1. The molecule has 0 radical (unpaired) electrons. The molecule has 0 amide bonds. The lowest BCUT2D eigenvalue weighted by Gasteiger charge is -2.11. The van der Waals surface area contributed by atoms with Crippen molar-refractivity contribution < 1.29 is 0 Å². The molecule has 0 aliphatic heterocycles. The molecule has 0 bridgehead atoms. The monoisotopic (exact) mass is 669 g/mol. The topological polar surface area (TPSA) is 48.5 Å². The van der Waals surface area contributed by atoms with E-state index in [2.05, 4.69) is 155 Å². The Morgan fingerprint density at radius 2 is 0.882 bits per heavy atom. The van der Waals surface area contributed by atoms with Crippen LogP contribution in [0.2, 0.25) is 0 Å². The Morgan fingerprint density at radius 1 is 0.373 bits per heavy atom. The van der Waals surface area contributed by atoms with Gasteiger partial charge in [0.05, 0.1) is 32.5 Å². The smallest absolute Gasteiger partial charge is 0.238 e. The second-order valence-corrected chi connectivity index (χ2v) is 13.9. The van der Waals surface area contributed by atoms with Gasteiger partial charge in [0.2, 0.25) is 5.95 Å². The SMILES string of the molecule is c1ccc(-c2nc(-c3ccc4sc5c(-n6c7ccccc7c7ccccc76)cccc5c4c3)nc(-n3c4ccccc4c4ccccc43)n2)cc1. The first-order valence-electron chi connectivity index (χ1n) is 17.0. The van der Waals surface area contributed by atoms with E-state index in [4.69, 9.17) is 15.0 Å². The minimum atomic E-state index is 0.597. The molecule has 7 aromatic carbocycles. The summed E-state index contributed by atoms with van der Waals surface area (Å²) >= 11 is 1.83. The molecule has 0 unspecified atom stereocenters. The Hall–Kier alpha value is -6.63. The fraction of sp³-hybridized carbons (Fsp3) is 0. The molecule has 4 aromatic heterocycles. The third-order valence-electron chi connectivity index (χ3n) is 9.99. The maximum absolute atomic E-state index is 5.21. The van der Waals surface area contributed by atoms with E-state index in [1.165, 1.54) is 58.4 Å². The van der Waals surface area contributed by atoms with Crippen LogP contribution in [0.1, 0.15) is 0 Å². The van der Waals surface area contributed by atoms with Gasteiger partial charge in [0.15, 0.2) is 11.6 Å². The van der Waals surface area contributed by atoms with Gasteiger partial charge in [-0.1, -0.05) is 115 Å². The second-order valence-electron chi connectivity index (χ2n) is 12.9. The Balaban J connectivity index is 1.14. The maximum atomic E-state index is 5.21. The highest BCUT2D eigenvalue weighted by molar-refractivity contribution is 7.26. The Kier molecular flexibility index (Phi) is 6.05. The molecule has 6 heteroatoms. The highest BCUT2D eigenvalue weighted by atomic mass is 32.1. The van der Waals surface area contributed by atoms with Crippen LogP contribution in [0, 0.1) is 0 Å². The van der Waals surface area contributed by atoms with Crippen molar-refractivity contribution in [3.8, 4) is 34.4 Å². The molecule has 51 heavy (non-hydrogen) atoms. The van der Waals surface area contributed by atoms with Gasteiger partial charge < -0.3 is 4.57 Å². The largest absolute Gasteiger partial charge is 0.308 e. The van der Waals surface area contributed by atoms with Gasteiger partial charge >= 0.3 is 0 Å². The van der Waals surface area contributed by atoms with Crippen LogP contribution >= 0.6 is 11.3 Å². The zero-order valence-corrected chi connectivity index (χ0v) is 28.0. The van der Waals surface area contributed by atoms with E-state index in [1.807, 2.05) is 29.5 Å². The molecular formula is C45H27N5S. The van der Waals surface area contributed by atoms with Crippen LogP contribution in [0.25, 0.3) is 98.2 Å². The van der Waals surface area contributed by atoms with Crippen molar-refractivity contribution in [1.82, 2.24) is 24.1 Å². The lowest BCUT2D eigenvalue weighted by molar-refractivity contribution is 0.954. The molecule has 0 atom stereocenters. The molecule has 11 rings (SSSR count). The third-order valence-corrected chi connectivity index (χ3v) is 11.2. The van der Waals surface area contributed by atoms with Crippen LogP contribution in [0.3, 0.4) is 0 Å². The first-order chi connectivity index (χ1) is 25.3. The highest BCUT2D eigenvalue weighted by Gasteiger charge is 2.20. The molecule has 0 fully saturated rings. The van der Waals surface area contributed by atoms with E-state index in [1.54, 1.807) is 0 Å². The number of rotatable bonds is 4. The molecule has 11 aromatic rings. The highest BCUT2D eigenvalue weighted by Crippen LogP contribution is 2.42. The summed E-state index contributed by atoms with van der Waals surface area (Å²) in [4.78, 5) is 15.4. The predicted octanol–water partition coefficient (Wildman–Crippen LogP) is 11.8. The lowest BCUT2D eigenvalue weighted by Crippen LogP contribution is -2.06. The summed E-state index contributed by atoms with van der Waals surface area (Å²) in [5.74, 6) is 1.88. The van der Waals surface area contributed by atoms with Crippen LogP contribution in [-0.4, -0.2) is 24.1 Å². The Labute approximate surface area is 296 Å². The van der Waals surface area contributed by atoms with Crippen LogP contribution in [0.15, 0.2) is 164 Å². The van der Waals surface area contributed by atoms with E-state index in [9.17, 15) is 0 Å². The number of benzene rings is 7. The van der Waals surface area contributed by atoms with Gasteiger partial charge in [0.25, 0.3) is 0 Å². The van der Waals surface area contributed by atoms with E-state index in [0.717, 1.165) is 22.2 Å². The van der Waals surface area contributed by atoms with Crippen LogP contribution in [0.4, 0.5) is 0 Å². The standard InChI is InChI=1S/C45H27N5S/c1-2-13-28(14-3-1)43-46-44(48-45(47-43)50-38-22-10-6-17-32(38)33-18-7-11-23-39(33)50)29-25-26-41-35(27-29)34-19-12-24-40(42(34)51-41)49-36-20-8-4-15-30(36)31-16-5-9-21-37(31)49/h1-27H. The number of fused-ring (bicyclic) bond motifs is 9. The summed E-state index contributed by atoms with van der Waals surface area (Å²) in [6.07, 6.45) is 0. The first kappa shape index (κ1) is 28.2. The molecule has 0 spiro atoms. The summed E-state index contributed by atoms with van der Waals surface area (Å²) in [5.41, 5.74) is 7.62. The van der Waals surface area contributed by atoms with Gasteiger partial charge in [-0.25, -0.2) is 4.98 Å². The van der Waals surface area contributed by atoms with Gasteiger partial charge in [-0.05, 0) is 48.5 Å². The predicted molar refractivity (Wildman–Crippen MR) is 212 cm³/mol. The zero-order chi connectivity index (χ0) is 33.5. The summed E-state index contributed by atoms with van der Waals surface area (Å²) in [6, 6.07) is 57.8. The first-order valence-corrected chi connectivity index (χ1v) is 17.9. The van der Waals surface area contributed by atoms with Gasteiger partial charge in [0.1, 0.15) is 0 Å². The van der Waals surface area contributed by atoms with Crippen molar-refractivity contribution in [3.05, 3.63) is 164 Å². The normalized spacial score (nSPS) is 11.9. The van der Waals surface area contributed by atoms with Gasteiger partial charge in [-0.15, -0.1) is 11.3 Å². The number of para-hydroxylation sites is 4. The van der Waals surface area contributed by atoms with E-state index in [0.29, 0.717) is 17.6 Å². The third kappa shape index (κ3) is 4.24. The minimum absolute atomic E-state index is 0.597. The fourth-order valence-corrected chi connectivity index (χ4v) is 8.92. The van der Waals surface area contributed by atoms with Crippen molar-refractivity contribution in [2.75, 3.05) is 0 Å². The summed E-state index contributed by atoms with van der Waals surface area (Å²) in [6.45, 7) is 0. The van der Waals surface area contributed by atoms with Crippen molar-refractivity contribution in [3.63, 3.8) is 0 Å². The van der Waals surface area contributed by atoms with Gasteiger partial charge in [-0.3, -0.25) is 4.57 Å². The molecule has 5 nitrogen and oxygen atoms in total. The Bertz CT molecular complexity index is 3040. The summed E-state index contributed by atoms with van der Waals surface area (Å²) < 4.78 is 7.06. The number of nitrogens with zero attached hydrogens (tertiary/aromatic N) is 5. The molecule has 0 aliphatic carbocycles. The molecule has 0 N–H and O–H groups in total. The van der Waals surface area contributed by atoms with E-state index < -0.39 is 0 Å². The van der Waals surface area contributed by atoms with Crippen LogP contribution in [0.5, 0.6) is 0 Å². The molecule has 0 aliphatic rings. The maximum Gasteiger partial charge on any atom is 0.238 e. The summed E-state index contributed by atoms with van der Waals surface area (Å²) in [5, 5.41) is 7.27. The number of hydrogen-bond acceptors (Lipinski definition) is 4. The van der Waals surface area contributed by atoms with E-state index in [-0.39, 0.29) is 0 Å². The van der Waals surface area contributed by atoms with Crippen LogP contribution < -0.4 is 0 Å². The van der Waals surface area contributed by atoms with Gasteiger partial charge in [0, 0.05) is 48.1 Å². The fourth-order valence-electron chi connectivity index (χ4n) is 7.73. The zero-order valence-electron chi connectivity index (χ0n) is 27.2. The lowest BCUT2D eigenvalue weighted by atomic mass is 10.1. The van der Waals surface area contributed by atoms with Crippen LogP contribution in [-0.2, 0) is 0 Å². The molecule has 238 valence electrons. The molecule has 0 saturated carbocycles. The average molecular weight is 670 g/mol. The van der Waals surface area contributed by atoms with Crippen molar-refractivity contribution in [1.29, 1.82) is 0 Å². The second kappa shape index (κ2) is 10.9. The quantitative estimate of drug-likeness (QED) is 0.187. The number of aromatic nitrogens is 5.